The van der Waals surface area contributed by atoms with Crippen LogP contribution in [0.3, 0.4) is 0 Å². The van der Waals surface area contributed by atoms with Gasteiger partial charge in [-0.25, -0.2) is 0 Å². The van der Waals surface area contributed by atoms with Crippen LogP contribution in [0.4, 0.5) is 0 Å². The Labute approximate surface area is 171 Å². The van der Waals surface area contributed by atoms with E-state index < -0.39 is 0 Å². The summed E-state index contributed by atoms with van der Waals surface area (Å²) >= 11 is 0. The van der Waals surface area contributed by atoms with E-state index >= 15 is 0 Å². The van der Waals surface area contributed by atoms with E-state index in [9.17, 15) is 19.2 Å². The minimum Gasteiger partial charge on any atom is -0.282 e. The summed E-state index contributed by atoms with van der Waals surface area (Å²) in [6.45, 7) is 0.101. The Balaban J connectivity index is 1.12. The van der Waals surface area contributed by atoms with Crippen LogP contribution in [0.5, 0.6) is 0 Å². The largest absolute Gasteiger partial charge is 0.282 e. The molecule has 1 aliphatic heterocycles. The molecule has 4 bridgehead atoms. The maximum atomic E-state index is 12.9. The van der Waals surface area contributed by atoms with Crippen LogP contribution < -0.4 is 10.9 Å². The number of carbonyl (C=O) groups excluding carboxylic acids is 4. The van der Waals surface area contributed by atoms with Gasteiger partial charge in [0.05, 0.1) is 17.3 Å². The molecule has 0 radical (unpaired) electrons. The molecule has 0 aromatic carbocycles. The lowest BCUT2D eigenvalue weighted by Crippen LogP contribution is -2.56. The Bertz CT molecular complexity index is 689. The van der Waals surface area contributed by atoms with Gasteiger partial charge in [0.2, 0.25) is 23.6 Å². The zero-order chi connectivity index (χ0) is 20.2. The van der Waals surface area contributed by atoms with Crippen LogP contribution >= 0.6 is 0 Å². The number of rotatable bonds is 4. The third-order valence-electron chi connectivity index (χ3n) is 8.33. The first-order chi connectivity index (χ1) is 13.9. The highest BCUT2D eigenvalue weighted by Gasteiger charge is 2.54. The molecule has 5 saturated carbocycles. The highest BCUT2D eigenvalue weighted by atomic mass is 16.2. The molecule has 2 N–H and O–H groups in total. The van der Waals surface area contributed by atoms with E-state index in [1.807, 2.05) is 0 Å². The number of fused-ring (bicyclic) bond motifs is 1. The molecule has 6 aliphatic rings. The summed E-state index contributed by atoms with van der Waals surface area (Å²) in [6.07, 6.45) is 10.2. The quantitative estimate of drug-likeness (QED) is 0.556. The molecule has 0 aromatic rings. The number of nitrogens with one attached hydrogen (secondary N) is 2. The van der Waals surface area contributed by atoms with Gasteiger partial charge in [-0.1, -0.05) is 12.8 Å². The third kappa shape index (κ3) is 3.26. The Kier molecular flexibility index (Phi) is 4.67. The number of likely N-dealkylation sites (tertiary alicyclic amines) is 1. The van der Waals surface area contributed by atoms with Gasteiger partial charge >= 0.3 is 0 Å². The van der Waals surface area contributed by atoms with E-state index in [1.165, 1.54) is 24.2 Å². The van der Waals surface area contributed by atoms with E-state index in [-0.39, 0.29) is 53.8 Å². The Morgan fingerprint density at radius 2 is 1.38 bits per heavy atom. The van der Waals surface area contributed by atoms with Gasteiger partial charge in [-0.15, -0.1) is 0 Å². The third-order valence-corrected chi connectivity index (χ3v) is 8.33. The van der Waals surface area contributed by atoms with Crippen LogP contribution in [0.15, 0.2) is 0 Å². The van der Waals surface area contributed by atoms with E-state index in [0.717, 1.165) is 44.9 Å². The van der Waals surface area contributed by atoms with Gasteiger partial charge in [-0.05, 0) is 69.1 Å². The summed E-state index contributed by atoms with van der Waals surface area (Å²) in [4.78, 5) is 51.4. The summed E-state index contributed by atoms with van der Waals surface area (Å²) in [7, 11) is 0. The fourth-order valence-corrected chi connectivity index (χ4v) is 7.38. The van der Waals surface area contributed by atoms with E-state index in [4.69, 9.17) is 0 Å². The Morgan fingerprint density at radius 3 is 1.90 bits per heavy atom. The number of hydrogen-bond donors (Lipinski definition) is 2. The van der Waals surface area contributed by atoms with Crippen molar-refractivity contribution < 1.29 is 19.2 Å². The summed E-state index contributed by atoms with van der Waals surface area (Å²) in [5.41, 5.74) is 4.89. The van der Waals surface area contributed by atoms with Crippen LogP contribution in [0.2, 0.25) is 0 Å². The first kappa shape index (κ1) is 19.1. The molecule has 1 saturated heterocycles. The topological polar surface area (TPSA) is 95.6 Å². The van der Waals surface area contributed by atoms with Gasteiger partial charge < -0.3 is 0 Å². The lowest BCUT2D eigenvalue weighted by Gasteiger charge is -2.55. The predicted octanol–water partition coefficient (Wildman–Crippen LogP) is 1.92. The van der Waals surface area contributed by atoms with E-state index in [0.29, 0.717) is 17.8 Å². The molecule has 158 valence electrons. The molecule has 0 aromatic heterocycles. The van der Waals surface area contributed by atoms with Gasteiger partial charge in [-0.2, -0.15) is 0 Å². The number of hydrogen-bond acceptors (Lipinski definition) is 4. The minimum atomic E-state index is -0.349. The lowest BCUT2D eigenvalue weighted by molar-refractivity contribution is -0.149. The van der Waals surface area contributed by atoms with Gasteiger partial charge in [0.15, 0.2) is 0 Å². The number of imide groups is 1. The van der Waals surface area contributed by atoms with Crippen LogP contribution in [-0.4, -0.2) is 35.1 Å². The maximum Gasteiger partial charge on any atom is 0.244 e. The molecule has 4 amide bonds. The molecule has 29 heavy (non-hydrogen) atoms. The van der Waals surface area contributed by atoms with Crippen molar-refractivity contribution in [2.24, 2.45) is 35.0 Å². The second-order valence-corrected chi connectivity index (χ2v) is 10.3. The van der Waals surface area contributed by atoms with Crippen molar-refractivity contribution in [1.29, 1.82) is 0 Å². The van der Waals surface area contributed by atoms with Gasteiger partial charge in [0.25, 0.3) is 0 Å². The fraction of sp³-hybridized carbons (Fsp3) is 0.818. The van der Waals surface area contributed by atoms with Crippen molar-refractivity contribution in [1.82, 2.24) is 15.8 Å². The molecule has 1 heterocycles. The first-order valence-electron chi connectivity index (χ1n) is 11.4. The zero-order valence-electron chi connectivity index (χ0n) is 17.0. The second kappa shape index (κ2) is 7.10. The summed E-state index contributed by atoms with van der Waals surface area (Å²) < 4.78 is 0. The fourth-order valence-electron chi connectivity index (χ4n) is 7.38. The number of hydrazine groups is 1. The summed E-state index contributed by atoms with van der Waals surface area (Å²) in [5.74, 6) is 0.985. The van der Waals surface area contributed by atoms with Crippen molar-refractivity contribution >= 4 is 23.6 Å². The van der Waals surface area contributed by atoms with Gasteiger partial charge in [-0.3, -0.25) is 34.9 Å². The zero-order valence-corrected chi connectivity index (χ0v) is 17.0. The van der Waals surface area contributed by atoms with Crippen LogP contribution in [0, 0.1) is 35.0 Å². The summed E-state index contributed by atoms with van der Waals surface area (Å²) in [5, 5.41) is 0. The number of carbonyl (C=O) groups is 4. The predicted molar refractivity (Wildman–Crippen MR) is 104 cm³/mol. The van der Waals surface area contributed by atoms with Gasteiger partial charge in [0.1, 0.15) is 0 Å². The average molecular weight is 402 g/mol. The molecule has 0 spiro atoms. The molecule has 7 nitrogen and oxygen atoms in total. The molecular weight excluding hydrogens is 370 g/mol. The van der Waals surface area contributed by atoms with Crippen molar-refractivity contribution in [3.05, 3.63) is 0 Å². The maximum absolute atomic E-state index is 12.9. The molecule has 6 fully saturated rings. The number of amides is 4. The van der Waals surface area contributed by atoms with Crippen molar-refractivity contribution in [2.45, 2.75) is 70.6 Å². The van der Waals surface area contributed by atoms with Crippen LogP contribution in [0.1, 0.15) is 70.6 Å². The smallest absolute Gasteiger partial charge is 0.244 e. The minimum absolute atomic E-state index is 0.0259. The molecule has 2 atom stereocenters. The highest BCUT2D eigenvalue weighted by Crippen LogP contribution is 2.60. The van der Waals surface area contributed by atoms with Crippen molar-refractivity contribution in [2.75, 3.05) is 6.54 Å². The molecule has 6 rings (SSSR count). The molecule has 5 aliphatic carbocycles. The molecular formula is C22H31N3O4. The van der Waals surface area contributed by atoms with Crippen LogP contribution in [0.25, 0.3) is 0 Å². The van der Waals surface area contributed by atoms with Crippen LogP contribution in [-0.2, 0) is 19.2 Å². The molecule has 0 unspecified atom stereocenters. The standard InChI is InChI=1S/C22H31N3O4/c26-18(5-6-25-19(27)16-3-1-2-4-17(16)20(25)28)23-24-21(29)22-10-13-7-14(11-22)9-15(8-13)12-22/h13-17H,1-12H2,(H,23,26)(H,24,29)/t13?,14?,15?,16-,17-,22?/m0/s1. The SMILES string of the molecule is O=C(CCN1C(=O)[C@H]2CCCC[C@@H]2C1=O)NNC(=O)C12CC3CC(CC(C3)C1)C2. The molecule has 7 heteroatoms. The monoisotopic (exact) mass is 401 g/mol. The summed E-state index contributed by atoms with van der Waals surface area (Å²) in [6, 6.07) is 0. The van der Waals surface area contributed by atoms with Crippen molar-refractivity contribution in [3.63, 3.8) is 0 Å². The Morgan fingerprint density at radius 1 is 0.862 bits per heavy atom. The number of nitrogens with zero attached hydrogens (tertiary/aromatic N) is 1. The first-order valence-corrected chi connectivity index (χ1v) is 11.4. The van der Waals surface area contributed by atoms with E-state index in [2.05, 4.69) is 10.9 Å². The highest BCUT2D eigenvalue weighted by molar-refractivity contribution is 6.05. The second-order valence-electron chi connectivity index (χ2n) is 10.3. The average Bonchev–Trinajstić information content (AvgIpc) is 2.94. The van der Waals surface area contributed by atoms with Gasteiger partial charge in [0, 0.05) is 13.0 Å². The Hall–Kier alpha value is -1.92. The normalized spacial score (nSPS) is 40.1. The lowest BCUT2D eigenvalue weighted by atomic mass is 9.49. The van der Waals surface area contributed by atoms with E-state index in [1.54, 1.807) is 0 Å². The van der Waals surface area contributed by atoms with Crippen molar-refractivity contribution in [3.8, 4) is 0 Å².